The molecule has 1 atom stereocenters. The summed E-state index contributed by atoms with van der Waals surface area (Å²) in [5.74, 6) is -0.417. The molecule has 0 radical (unpaired) electrons. The summed E-state index contributed by atoms with van der Waals surface area (Å²) >= 11 is 0. The average Bonchev–Trinajstić information content (AvgIpc) is 3.14. The third-order valence-corrected chi connectivity index (χ3v) is 9.38. The van der Waals surface area contributed by atoms with Gasteiger partial charge in [0.25, 0.3) is 0 Å². The summed E-state index contributed by atoms with van der Waals surface area (Å²) in [6.07, 6.45) is 51.2. The lowest BCUT2D eigenvalue weighted by molar-refractivity contribution is -0.163. The standard InChI is InChI=1S/C47H84O5/c1-4-7-10-13-16-18-20-22-23-24-26-28-30-33-36-39-42-50-43-45(52-47(49)41-38-35-31-15-12-9-6-3)44-51-46(48)40-37-34-32-29-27-25-21-19-17-14-11-8-5-2/h7,10,16,18,22-23,26,28,45H,4-6,8-9,11-15,17,19-21,24-25,27,29-44H2,1-3H3/b10-7-,18-16-,23-22-,28-26-. The van der Waals surface area contributed by atoms with E-state index in [9.17, 15) is 9.59 Å². The summed E-state index contributed by atoms with van der Waals surface area (Å²) in [7, 11) is 0. The van der Waals surface area contributed by atoms with Crippen LogP contribution in [-0.2, 0) is 23.8 Å². The van der Waals surface area contributed by atoms with Gasteiger partial charge in [0, 0.05) is 19.4 Å². The molecule has 0 aromatic carbocycles. The molecule has 52 heavy (non-hydrogen) atoms. The monoisotopic (exact) mass is 729 g/mol. The largest absolute Gasteiger partial charge is 0.462 e. The Kier molecular flexibility index (Phi) is 41.5. The molecular formula is C47H84O5. The minimum absolute atomic E-state index is 0.0753. The maximum atomic E-state index is 12.6. The van der Waals surface area contributed by atoms with E-state index in [1.54, 1.807) is 0 Å². The molecule has 0 aliphatic heterocycles. The van der Waals surface area contributed by atoms with E-state index in [-0.39, 0.29) is 25.2 Å². The van der Waals surface area contributed by atoms with Crippen LogP contribution in [0.4, 0.5) is 0 Å². The Morgan fingerprint density at radius 2 is 0.865 bits per heavy atom. The summed E-state index contributed by atoms with van der Waals surface area (Å²) in [4.78, 5) is 25.1. The molecule has 0 saturated heterocycles. The van der Waals surface area contributed by atoms with Gasteiger partial charge in [0.05, 0.1) is 6.61 Å². The van der Waals surface area contributed by atoms with Crippen LogP contribution >= 0.6 is 0 Å². The van der Waals surface area contributed by atoms with Gasteiger partial charge in [-0.15, -0.1) is 0 Å². The van der Waals surface area contributed by atoms with Gasteiger partial charge in [0.2, 0.25) is 0 Å². The number of carbonyl (C=O) groups is 2. The zero-order valence-electron chi connectivity index (χ0n) is 34.6. The van der Waals surface area contributed by atoms with Crippen LogP contribution in [-0.4, -0.2) is 37.9 Å². The highest BCUT2D eigenvalue weighted by Gasteiger charge is 2.17. The minimum atomic E-state index is -0.544. The Hall–Kier alpha value is -2.14. The molecule has 0 amide bonds. The van der Waals surface area contributed by atoms with Crippen LogP contribution in [0.15, 0.2) is 48.6 Å². The van der Waals surface area contributed by atoms with Crippen LogP contribution in [0.2, 0.25) is 0 Å². The highest BCUT2D eigenvalue weighted by Crippen LogP contribution is 2.14. The van der Waals surface area contributed by atoms with Crippen molar-refractivity contribution in [1.82, 2.24) is 0 Å². The van der Waals surface area contributed by atoms with Gasteiger partial charge < -0.3 is 14.2 Å². The first-order valence-electron chi connectivity index (χ1n) is 22.2. The molecular weight excluding hydrogens is 645 g/mol. The Balaban J connectivity index is 4.21. The Morgan fingerprint density at radius 3 is 1.37 bits per heavy atom. The number of allylic oxidation sites excluding steroid dienone is 8. The van der Waals surface area contributed by atoms with E-state index in [2.05, 4.69) is 69.4 Å². The fourth-order valence-electron chi connectivity index (χ4n) is 6.09. The first-order valence-corrected chi connectivity index (χ1v) is 22.2. The van der Waals surface area contributed by atoms with Crippen LogP contribution in [0.1, 0.15) is 213 Å². The Morgan fingerprint density at radius 1 is 0.442 bits per heavy atom. The topological polar surface area (TPSA) is 61.8 Å². The second kappa shape index (κ2) is 43.3. The quantitative estimate of drug-likeness (QED) is 0.0357. The van der Waals surface area contributed by atoms with Crippen molar-refractivity contribution in [3.05, 3.63) is 48.6 Å². The van der Waals surface area contributed by atoms with Gasteiger partial charge in [-0.25, -0.2) is 0 Å². The molecule has 0 saturated carbocycles. The van der Waals surface area contributed by atoms with Gasteiger partial charge in [-0.3, -0.25) is 9.59 Å². The number of unbranched alkanes of at least 4 members (excludes halogenated alkanes) is 21. The van der Waals surface area contributed by atoms with E-state index in [1.807, 2.05) is 0 Å². The van der Waals surface area contributed by atoms with Crippen molar-refractivity contribution in [3.63, 3.8) is 0 Å². The number of esters is 2. The lowest BCUT2D eigenvalue weighted by atomic mass is 10.0. The van der Waals surface area contributed by atoms with Crippen LogP contribution in [0.25, 0.3) is 0 Å². The molecule has 0 spiro atoms. The van der Waals surface area contributed by atoms with Crippen molar-refractivity contribution >= 4 is 11.9 Å². The number of hydrogen-bond donors (Lipinski definition) is 0. The lowest BCUT2D eigenvalue weighted by Crippen LogP contribution is -2.30. The highest BCUT2D eigenvalue weighted by molar-refractivity contribution is 5.70. The Bertz CT molecular complexity index is 873. The van der Waals surface area contributed by atoms with E-state index in [0.29, 0.717) is 19.4 Å². The molecule has 0 N–H and O–H groups in total. The molecule has 0 aromatic heterocycles. The van der Waals surface area contributed by atoms with Crippen molar-refractivity contribution in [2.24, 2.45) is 0 Å². The van der Waals surface area contributed by atoms with Gasteiger partial charge in [-0.05, 0) is 57.8 Å². The van der Waals surface area contributed by atoms with E-state index in [1.165, 1.54) is 103 Å². The summed E-state index contributed by atoms with van der Waals surface area (Å²) in [5, 5.41) is 0. The molecule has 1 unspecified atom stereocenters. The fraction of sp³-hybridized carbons (Fsp3) is 0.787. The second-order valence-corrected chi connectivity index (χ2v) is 14.6. The molecule has 0 fully saturated rings. The van der Waals surface area contributed by atoms with Crippen LogP contribution in [0, 0.1) is 0 Å². The zero-order valence-corrected chi connectivity index (χ0v) is 34.6. The maximum absolute atomic E-state index is 12.6. The van der Waals surface area contributed by atoms with Crippen LogP contribution in [0.3, 0.4) is 0 Å². The number of hydrogen-bond acceptors (Lipinski definition) is 5. The summed E-state index contributed by atoms with van der Waals surface area (Å²) in [6, 6.07) is 0. The fourth-order valence-corrected chi connectivity index (χ4v) is 6.09. The molecule has 0 rings (SSSR count). The van der Waals surface area contributed by atoms with E-state index < -0.39 is 6.10 Å². The van der Waals surface area contributed by atoms with E-state index in [0.717, 1.165) is 77.0 Å². The van der Waals surface area contributed by atoms with Crippen LogP contribution in [0.5, 0.6) is 0 Å². The first kappa shape index (κ1) is 49.9. The van der Waals surface area contributed by atoms with Crippen molar-refractivity contribution in [2.75, 3.05) is 19.8 Å². The third-order valence-electron chi connectivity index (χ3n) is 9.38. The number of rotatable bonds is 40. The predicted molar refractivity (Wildman–Crippen MR) is 224 cm³/mol. The first-order chi connectivity index (χ1) is 25.6. The van der Waals surface area contributed by atoms with Gasteiger partial charge >= 0.3 is 11.9 Å². The number of ether oxygens (including phenoxy) is 3. The second-order valence-electron chi connectivity index (χ2n) is 14.6. The van der Waals surface area contributed by atoms with Crippen molar-refractivity contribution in [2.45, 2.75) is 219 Å². The van der Waals surface area contributed by atoms with Gasteiger partial charge in [-0.2, -0.15) is 0 Å². The van der Waals surface area contributed by atoms with Crippen LogP contribution < -0.4 is 0 Å². The third kappa shape index (κ3) is 40.6. The minimum Gasteiger partial charge on any atom is -0.462 e. The van der Waals surface area contributed by atoms with Gasteiger partial charge in [-0.1, -0.05) is 191 Å². The molecule has 0 heterocycles. The highest BCUT2D eigenvalue weighted by atomic mass is 16.6. The summed E-state index contributed by atoms with van der Waals surface area (Å²) in [6.45, 7) is 7.61. The van der Waals surface area contributed by atoms with Gasteiger partial charge in [0.15, 0.2) is 6.10 Å². The maximum Gasteiger partial charge on any atom is 0.306 e. The molecule has 0 aliphatic rings. The average molecular weight is 729 g/mol. The molecule has 0 aliphatic carbocycles. The normalized spacial score (nSPS) is 12.6. The number of carbonyl (C=O) groups excluding carboxylic acids is 2. The van der Waals surface area contributed by atoms with Crippen molar-refractivity contribution in [1.29, 1.82) is 0 Å². The summed E-state index contributed by atoms with van der Waals surface area (Å²) in [5.41, 5.74) is 0. The van der Waals surface area contributed by atoms with Crippen molar-refractivity contribution in [3.8, 4) is 0 Å². The lowest BCUT2D eigenvalue weighted by Gasteiger charge is -2.18. The van der Waals surface area contributed by atoms with E-state index >= 15 is 0 Å². The molecule has 302 valence electrons. The zero-order chi connectivity index (χ0) is 37.8. The Labute approximate surface area is 322 Å². The molecule has 5 nitrogen and oxygen atoms in total. The molecule has 0 bridgehead atoms. The summed E-state index contributed by atoms with van der Waals surface area (Å²) < 4.78 is 17.2. The molecule has 5 heteroatoms. The van der Waals surface area contributed by atoms with E-state index in [4.69, 9.17) is 14.2 Å². The van der Waals surface area contributed by atoms with Gasteiger partial charge in [0.1, 0.15) is 6.61 Å². The smallest absolute Gasteiger partial charge is 0.306 e. The molecule has 0 aromatic rings. The SMILES string of the molecule is CC/C=C\C/C=C\C/C=C\C/C=C\CCCCCOCC(COC(=O)CCCCCCCCCCCCCCC)OC(=O)CCCCCCCCC. The predicted octanol–water partition coefficient (Wildman–Crippen LogP) is 14.4. The van der Waals surface area contributed by atoms with Crippen molar-refractivity contribution < 1.29 is 23.8 Å².